The zero-order valence-electron chi connectivity index (χ0n) is 10.7. The van der Waals surface area contributed by atoms with Crippen LogP contribution in [0.5, 0.6) is 0 Å². The highest BCUT2D eigenvalue weighted by Crippen LogP contribution is 2.44. The second-order valence-electron chi connectivity index (χ2n) is 5.70. The van der Waals surface area contributed by atoms with Gasteiger partial charge >= 0.3 is 0 Å². The molecule has 2 nitrogen and oxygen atoms in total. The van der Waals surface area contributed by atoms with E-state index in [1.54, 1.807) is 0 Å². The van der Waals surface area contributed by atoms with Crippen molar-refractivity contribution in [3.05, 3.63) is 35.1 Å². The minimum absolute atomic E-state index is 0.0440. The maximum atomic E-state index is 13.3. The molecule has 2 unspecified atom stereocenters. The van der Waals surface area contributed by atoms with Crippen LogP contribution >= 0.6 is 0 Å². The predicted octanol–water partition coefficient (Wildman–Crippen LogP) is 2.76. The van der Waals surface area contributed by atoms with E-state index in [1.165, 1.54) is 0 Å². The van der Waals surface area contributed by atoms with Crippen LogP contribution in [0, 0.1) is 17.5 Å². The van der Waals surface area contributed by atoms with Crippen molar-refractivity contribution in [2.45, 2.75) is 48.2 Å². The van der Waals surface area contributed by atoms with E-state index >= 15 is 0 Å². The quantitative estimate of drug-likeness (QED) is 0.810. The van der Waals surface area contributed by atoms with E-state index < -0.39 is 33.9 Å². The van der Waals surface area contributed by atoms with Crippen molar-refractivity contribution in [3.63, 3.8) is 0 Å². The second-order valence-corrected chi connectivity index (χ2v) is 7.69. The zero-order chi connectivity index (χ0) is 14.5. The Morgan fingerprint density at radius 1 is 1.10 bits per heavy atom. The topological polar surface area (TPSA) is 37.3 Å². The van der Waals surface area contributed by atoms with Gasteiger partial charge in [0.25, 0.3) is 0 Å². The lowest BCUT2D eigenvalue weighted by molar-refractivity contribution is 0.00585. The van der Waals surface area contributed by atoms with E-state index in [2.05, 4.69) is 0 Å². The van der Waals surface area contributed by atoms with Crippen molar-refractivity contribution >= 4 is 10.8 Å². The lowest BCUT2D eigenvalue weighted by Crippen LogP contribution is -2.47. The molecule has 0 amide bonds. The summed E-state index contributed by atoms with van der Waals surface area (Å²) in [5.41, 5.74) is -1.37. The number of halogens is 3. The third-order valence-corrected chi connectivity index (χ3v) is 6.48. The molecule has 1 aromatic carbocycles. The van der Waals surface area contributed by atoms with Crippen LogP contribution < -0.4 is 0 Å². The maximum absolute atomic E-state index is 13.3. The maximum Gasteiger partial charge on any atom is 0.194 e. The molecule has 2 bridgehead atoms. The van der Waals surface area contributed by atoms with Gasteiger partial charge in [0.1, 0.15) is 0 Å². The van der Waals surface area contributed by atoms with E-state index in [-0.39, 0.29) is 28.9 Å². The molecule has 2 aliphatic heterocycles. The third kappa shape index (κ3) is 2.19. The molecule has 110 valence electrons. The smallest absolute Gasteiger partial charge is 0.194 e. The Labute approximate surface area is 117 Å². The monoisotopic (exact) mass is 304 g/mol. The highest BCUT2D eigenvalue weighted by molar-refractivity contribution is 7.86. The van der Waals surface area contributed by atoms with E-state index in [4.69, 9.17) is 0 Å². The molecule has 0 radical (unpaired) electrons. The first-order chi connectivity index (χ1) is 9.40. The molecular weight excluding hydrogens is 289 g/mol. The number of hydrogen-bond acceptors (Lipinski definition) is 2. The molecule has 2 saturated heterocycles. The molecule has 6 heteroatoms. The van der Waals surface area contributed by atoms with Crippen molar-refractivity contribution in [1.82, 2.24) is 0 Å². The molecular formula is C14H15F3O2S. The lowest BCUT2D eigenvalue weighted by atomic mass is 9.80. The molecule has 2 fully saturated rings. The Kier molecular flexibility index (Phi) is 3.41. The lowest BCUT2D eigenvalue weighted by Gasteiger charge is -2.43. The minimum Gasteiger partial charge on any atom is -0.385 e. The Morgan fingerprint density at radius 2 is 1.60 bits per heavy atom. The number of aliphatic hydroxyl groups is 1. The van der Waals surface area contributed by atoms with E-state index in [0.29, 0.717) is 0 Å². The van der Waals surface area contributed by atoms with Crippen LogP contribution in [0.15, 0.2) is 12.1 Å². The van der Waals surface area contributed by atoms with Crippen molar-refractivity contribution < 1.29 is 22.5 Å². The minimum atomic E-state index is -1.53. The van der Waals surface area contributed by atoms with Gasteiger partial charge in [-0.15, -0.1) is 0 Å². The first-order valence-corrected chi connectivity index (χ1v) is 7.95. The van der Waals surface area contributed by atoms with Crippen LogP contribution in [-0.2, 0) is 16.4 Å². The summed E-state index contributed by atoms with van der Waals surface area (Å²) < 4.78 is 51.8. The Balaban J connectivity index is 1.99. The number of benzene rings is 1. The number of rotatable bonds is 1. The molecule has 0 spiro atoms. The van der Waals surface area contributed by atoms with Gasteiger partial charge in [-0.2, -0.15) is 0 Å². The van der Waals surface area contributed by atoms with Crippen molar-refractivity contribution in [1.29, 1.82) is 0 Å². The highest BCUT2D eigenvalue weighted by Gasteiger charge is 2.46. The van der Waals surface area contributed by atoms with Crippen molar-refractivity contribution in [3.8, 4) is 0 Å². The van der Waals surface area contributed by atoms with Gasteiger partial charge in [0, 0.05) is 21.3 Å². The van der Waals surface area contributed by atoms with Crippen LogP contribution in [-0.4, -0.2) is 19.8 Å². The SMILES string of the molecule is O=S1C2CCCC1CC(O)(c1cc(F)c(F)c(F)c1)C2. The van der Waals surface area contributed by atoms with Gasteiger partial charge in [-0.3, -0.25) is 4.21 Å². The van der Waals surface area contributed by atoms with Crippen LogP contribution in [0.3, 0.4) is 0 Å². The standard InChI is InChI=1S/C14H15F3O2S/c15-11-4-8(5-12(16)13(11)17)14(18)6-9-2-1-3-10(7-14)20(9)19/h4-5,9-10,18H,1-3,6-7H2. The molecule has 1 N–H and O–H groups in total. The van der Waals surface area contributed by atoms with Crippen LogP contribution in [0.1, 0.15) is 37.7 Å². The summed E-state index contributed by atoms with van der Waals surface area (Å²) in [6.07, 6.45) is 2.87. The summed E-state index contributed by atoms with van der Waals surface area (Å²) in [4.78, 5) is 0. The van der Waals surface area contributed by atoms with Gasteiger partial charge in [-0.1, -0.05) is 6.42 Å². The highest BCUT2D eigenvalue weighted by atomic mass is 32.2. The Hall–Kier alpha value is -0.880. The average Bonchev–Trinajstić information content (AvgIpc) is 2.37. The van der Waals surface area contributed by atoms with Crippen LogP contribution in [0.2, 0.25) is 0 Å². The summed E-state index contributed by atoms with van der Waals surface area (Å²) >= 11 is 0. The van der Waals surface area contributed by atoms with Crippen LogP contribution in [0.4, 0.5) is 13.2 Å². The van der Waals surface area contributed by atoms with Crippen molar-refractivity contribution in [2.75, 3.05) is 0 Å². The Morgan fingerprint density at radius 3 is 2.10 bits per heavy atom. The predicted molar refractivity (Wildman–Crippen MR) is 69.0 cm³/mol. The van der Waals surface area contributed by atoms with Gasteiger partial charge in [0.15, 0.2) is 17.5 Å². The summed E-state index contributed by atoms with van der Waals surface area (Å²) in [5.74, 6) is -4.13. The van der Waals surface area contributed by atoms with E-state index in [1.807, 2.05) is 0 Å². The summed E-state index contributed by atoms with van der Waals surface area (Å²) in [6.45, 7) is 0. The first kappa shape index (κ1) is 14.1. The molecule has 1 aromatic rings. The molecule has 2 heterocycles. The molecule has 20 heavy (non-hydrogen) atoms. The van der Waals surface area contributed by atoms with Gasteiger partial charge in [-0.25, -0.2) is 13.2 Å². The largest absolute Gasteiger partial charge is 0.385 e. The fraction of sp³-hybridized carbons (Fsp3) is 0.571. The van der Waals surface area contributed by atoms with E-state index in [0.717, 1.165) is 31.4 Å². The summed E-state index contributed by atoms with van der Waals surface area (Å²) in [5, 5.41) is 10.4. The zero-order valence-corrected chi connectivity index (χ0v) is 11.6. The van der Waals surface area contributed by atoms with Crippen LogP contribution in [0.25, 0.3) is 0 Å². The fourth-order valence-corrected chi connectivity index (χ4v) is 5.56. The molecule has 2 atom stereocenters. The van der Waals surface area contributed by atoms with Gasteiger partial charge in [0.2, 0.25) is 0 Å². The fourth-order valence-electron chi connectivity index (χ4n) is 3.34. The molecule has 0 saturated carbocycles. The average molecular weight is 304 g/mol. The second kappa shape index (κ2) is 4.84. The summed E-state index contributed by atoms with van der Waals surface area (Å²) in [6, 6.07) is 1.70. The molecule has 0 aromatic heterocycles. The molecule has 0 aliphatic carbocycles. The van der Waals surface area contributed by atoms with Gasteiger partial charge in [-0.05, 0) is 43.4 Å². The van der Waals surface area contributed by atoms with E-state index in [9.17, 15) is 22.5 Å². The molecule has 2 aliphatic rings. The third-order valence-electron chi connectivity index (χ3n) is 4.36. The first-order valence-electron chi connectivity index (χ1n) is 6.67. The summed E-state index contributed by atoms with van der Waals surface area (Å²) in [7, 11) is -0.993. The van der Waals surface area contributed by atoms with Gasteiger partial charge < -0.3 is 5.11 Å². The van der Waals surface area contributed by atoms with Gasteiger partial charge in [0.05, 0.1) is 5.60 Å². The molecule has 3 rings (SSSR count). The normalized spacial score (nSPS) is 36.9. The Bertz CT molecular complexity index is 537. The number of hydrogen-bond donors (Lipinski definition) is 1. The number of fused-ring (bicyclic) bond motifs is 2. The van der Waals surface area contributed by atoms with Crippen molar-refractivity contribution in [2.24, 2.45) is 0 Å².